The van der Waals surface area contributed by atoms with Gasteiger partial charge in [-0.1, -0.05) is 60.7 Å². The minimum atomic E-state index is 1.09. The predicted molar refractivity (Wildman–Crippen MR) is 87.2 cm³/mol. The Balaban J connectivity index is 0.000000147. The Morgan fingerprint density at radius 1 is 0.800 bits per heavy atom. The van der Waals surface area contributed by atoms with Crippen LogP contribution in [0, 0.1) is 0 Å². The van der Waals surface area contributed by atoms with Gasteiger partial charge in [-0.3, -0.25) is 0 Å². The predicted octanol–water partition coefficient (Wildman–Crippen LogP) is 4.58. The quantitative estimate of drug-likeness (QED) is 0.730. The third kappa shape index (κ3) is 2.72. The second-order valence-electron chi connectivity index (χ2n) is 4.73. The van der Waals surface area contributed by atoms with Gasteiger partial charge in [-0.05, 0) is 40.5 Å². The molecule has 0 spiro atoms. The molecule has 20 heavy (non-hydrogen) atoms. The first-order chi connectivity index (χ1) is 9.95. The van der Waals surface area contributed by atoms with Crippen molar-refractivity contribution in [2.75, 3.05) is 0 Å². The van der Waals surface area contributed by atoms with Gasteiger partial charge in [0, 0.05) is 12.4 Å². The molecule has 0 fully saturated rings. The van der Waals surface area contributed by atoms with Crippen molar-refractivity contribution < 1.29 is 0 Å². The normalized spacial score (nSPS) is 14.4. The van der Waals surface area contributed by atoms with Crippen molar-refractivity contribution in [3.63, 3.8) is 0 Å². The van der Waals surface area contributed by atoms with Crippen LogP contribution < -0.4 is 5.32 Å². The first-order valence-corrected chi connectivity index (χ1v) is 6.87. The van der Waals surface area contributed by atoms with E-state index in [9.17, 15) is 0 Å². The summed E-state index contributed by atoms with van der Waals surface area (Å²) < 4.78 is 0. The topological polar surface area (TPSA) is 12.0 Å². The zero-order valence-corrected chi connectivity index (χ0v) is 11.3. The van der Waals surface area contributed by atoms with Crippen LogP contribution in [-0.2, 0) is 6.42 Å². The molecule has 1 N–H and O–H groups in total. The number of nitrogens with one attached hydrogen (secondary N) is 1. The van der Waals surface area contributed by atoms with Gasteiger partial charge >= 0.3 is 0 Å². The van der Waals surface area contributed by atoms with Crippen LogP contribution in [0.1, 0.15) is 11.1 Å². The number of hydrogen-bond donors (Lipinski definition) is 1. The number of benzene rings is 2. The number of allylic oxidation sites excluding steroid dienone is 5. The van der Waals surface area contributed by atoms with Crippen LogP contribution in [0.5, 0.6) is 0 Å². The minimum absolute atomic E-state index is 1.09. The van der Waals surface area contributed by atoms with Crippen LogP contribution >= 0.6 is 0 Å². The van der Waals surface area contributed by atoms with Crippen LogP contribution in [0.25, 0.3) is 16.8 Å². The van der Waals surface area contributed by atoms with Gasteiger partial charge in [0.05, 0.1) is 0 Å². The molecule has 0 unspecified atom stereocenters. The largest absolute Gasteiger partial charge is 0.368 e. The summed E-state index contributed by atoms with van der Waals surface area (Å²) in [5, 5.41) is 5.68. The Hall–Kier alpha value is -2.54. The van der Waals surface area contributed by atoms with Gasteiger partial charge < -0.3 is 5.32 Å². The van der Waals surface area contributed by atoms with Crippen LogP contribution in [0.3, 0.4) is 0 Å². The van der Waals surface area contributed by atoms with E-state index in [4.69, 9.17) is 0 Å². The molecule has 0 saturated carbocycles. The van der Waals surface area contributed by atoms with Crippen molar-refractivity contribution in [1.82, 2.24) is 5.32 Å². The Bertz CT molecular complexity index is 704. The van der Waals surface area contributed by atoms with Crippen molar-refractivity contribution in [3.8, 4) is 0 Å². The van der Waals surface area contributed by atoms with E-state index in [1.807, 2.05) is 36.7 Å². The molecule has 1 aliphatic carbocycles. The molecule has 0 atom stereocenters. The standard InChI is InChI=1S/C13H10.C6H7N/c1-2-6-12-10(4-1)8-9-11-5-3-7-13(11)12;1-2-4-6-7-5-3-1/h1-6,8-9H,7H2;1-7H. The molecule has 0 saturated heterocycles. The first kappa shape index (κ1) is 12.5. The van der Waals surface area contributed by atoms with Crippen LogP contribution in [0.4, 0.5) is 0 Å². The molecule has 0 aromatic heterocycles. The van der Waals surface area contributed by atoms with Gasteiger partial charge in [0.1, 0.15) is 0 Å². The molecule has 2 aliphatic rings. The van der Waals surface area contributed by atoms with E-state index in [1.165, 1.54) is 21.9 Å². The lowest BCUT2D eigenvalue weighted by Gasteiger charge is -2.03. The zero-order valence-electron chi connectivity index (χ0n) is 11.3. The van der Waals surface area contributed by atoms with Crippen molar-refractivity contribution in [2.24, 2.45) is 0 Å². The zero-order chi connectivity index (χ0) is 13.6. The van der Waals surface area contributed by atoms with Gasteiger partial charge in [0.15, 0.2) is 0 Å². The Morgan fingerprint density at radius 2 is 1.60 bits per heavy atom. The third-order valence-electron chi connectivity index (χ3n) is 3.41. The van der Waals surface area contributed by atoms with Crippen LogP contribution in [0.15, 0.2) is 79.2 Å². The van der Waals surface area contributed by atoms with E-state index >= 15 is 0 Å². The SMILES string of the molecule is C1=CC=CNC=C1.C1=Cc2ccc3ccccc3c2C1. The lowest BCUT2D eigenvalue weighted by atomic mass is 10.0. The first-order valence-electron chi connectivity index (χ1n) is 6.87. The highest BCUT2D eigenvalue weighted by atomic mass is 14.8. The highest BCUT2D eigenvalue weighted by Gasteiger charge is 2.07. The molecule has 1 heteroatoms. The summed E-state index contributed by atoms with van der Waals surface area (Å²) in [5.74, 6) is 0. The summed E-state index contributed by atoms with van der Waals surface area (Å²) in [4.78, 5) is 0. The van der Waals surface area contributed by atoms with E-state index < -0.39 is 0 Å². The van der Waals surface area contributed by atoms with Gasteiger partial charge in [-0.2, -0.15) is 0 Å². The lowest BCUT2D eigenvalue weighted by Crippen LogP contribution is -1.87. The molecule has 2 aromatic carbocycles. The van der Waals surface area contributed by atoms with Gasteiger partial charge in [0.2, 0.25) is 0 Å². The number of fused-ring (bicyclic) bond motifs is 3. The fourth-order valence-electron chi connectivity index (χ4n) is 2.45. The fraction of sp³-hybridized carbons (Fsp3) is 0.0526. The van der Waals surface area contributed by atoms with E-state index in [2.05, 4.69) is 53.9 Å². The average molecular weight is 259 g/mol. The van der Waals surface area contributed by atoms with E-state index in [-0.39, 0.29) is 0 Å². The molecular weight excluding hydrogens is 242 g/mol. The summed E-state index contributed by atoms with van der Waals surface area (Å²) in [6, 6.07) is 13.0. The summed E-state index contributed by atoms with van der Waals surface area (Å²) in [6.45, 7) is 0. The van der Waals surface area contributed by atoms with Crippen molar-refractivity contribution in [2.45, 2.75) is 6.42 Å². The van der Waals surface area contributed by atoms with Crippen molar-refractivity contribution in [3.05, 3.63) is 90.3 Å². The Kier molecular flexibility index (Phi) is 3.79. The number of hydrogen-bond acceptors (Lipinski definition) is 1. The third-order valence-corrected chi connectivity index (χ3v) is 3.41. The molecule has 1 nitrogen and oxygen atoms in total. The molecular formula is C19H17N. The van der Waals surface area contributed by atoms with Gasteiger partial charge in [-0.15, -0.1) is 0 Å². The minimum Gasteiger partial charge on any atom is -0.368 e. The van der Waals surface area contributed by atoms with Crippen molar-refractivity contribution >= 4 is 16.8 Å². The Morgan fingerprint density at radius 3 is 2.45 bits per heavy atom. The molecule has 4 rings (SSSR count). The second-order valence-corrected chi connectivity index (χ2v) is 4.73. The molecule has 1 aliphatic heterocycles. The Labute approximate surface area is 119 Å². The highest BCUT2D eigenvalue weighted by molar-refractivity contribution is 5.90. The molecule has 0 amide bonds. The lowest BCUT2D eigenvalue weighted by molar-refractivity contribution is 1.20. The van der Waals surface area contributed by atoms with E-state index in [0.29, 0.717) is 0 Å². The van der Waals surface area contributed by atoms with Crippen LogP contribution in [-0.4, -0.2) is 0 Å². The molecule has 2 aromatic rings. The molecule has 98 valence electrons. The monoisotopic (exact) mass is 259 g/mol. The summed E-state index contributed by atoms with van der Waals surface area (Å²) >= 11 is 0. The maximum atomic E-state index is 2.92. The molecule has 0 radical (unpaired) electrons. The van der Waals surface area contributed by atoms with Gasteiger partial charge in [0.25, 0.3) is 0 Å². The summed E-state index contributed by atoms with van der Waals surface area (Å²) in [6.07, 6.45) is 17.1. The molecule has 0 bridgehead atoms. The maximum absolute atomic E-state index is 2.92. The smallest absolute Gasteiger partial charge is 0.000442 e. The fourth-order valence-corrected chi connectivity index (χ4v) is 2.45. The average Bonchev–Trinajstić information content (AvgIpc) is 2.79. The number of rotatable bonds is 0. The second kappa shape index (κ2) is 6.07. The highest BCUT2D eigenvalue weighted by Crippen LogP contribution is 2.27. The van der Waals surface area contributed by atoms with Crippen LogP contribution in [0.2, 0.25) is 0 Å². The van der Waals surface area contributed by atoms with E-state index in [1.54, 1.807) is 0 Å². The maximum Gasteiger partial charge on any atom is 0.000442 e. The molecule has 1 heterocycles. The summed E-state index contributed by atoms with van der Waals surface area (Å²) in [7, 11) is 0. The van der Waals surface area contributed by atoms with E-state index in [0.717, 1.165) is 6.42 Å². The van der Waals surface area contributed by atoms with Crippen molar-refractivity contribution in [1.29, 1.82) is 0 Å². The summed E-state index contributed by atoms with van der Waals surface area (Å²) in [5.41, 5.74) is 2.87. The van der Waals surface area contributed by atoms with Gasteiger partial charge in [-0.25, -0.2) is 0 Å².